The molecular formula is C12H17N5S. The molecule has 96 valence electrons. The molecule has 0 saturated carbocycles. The molecule has 0 saturated heterocycles. The number of aromatic nitrogens is 3. The van der Waals surface area contributed by atoms with Crippen molar-refractivity contribution in [1.29, 1.82) is 0 Å². The van der Waals surface area contributed by atoms with Gasteiger partial charge in [-0.15, -0.1) is 11.3 Å². The summed E-state index contributed by atoms with van der Waals surface area (Å²) < 4.78 is 0. The average molecular weight is 263 g/mol. The van der Waals surface area contributed by atoms with Gasteiger partial charge in [0.05, 0.1) is 6.54 Å². The number of nitrogen functional groups attached to an aromatic ring is 1. The van der Waals surface area contributed by atoms with E-state index in [4.69, 9.17) is 5.73 Å². The SMILES string of the molecule is CCCc1nc(N)cc(NCc2ncc(C)s2)n1. The lowest BCUT2D eigenvalue weighted by molar-refractivity contribution is 0.836. The fourth-order valence-corrected chi connectivity index (χ4v) is 2.32. The van der Waals surface area contributed by atoms with E-state index < -0.39 is 0 Å². The van der Waals surface area contributed by atoms with Gasteiger partial charge in [0, 0.05) is 23.6 Å². The maximum atomic E-state index is 5.76. The lowest BCUT2D eigenvalue weighted by Gasteiger charge is -2.06. The fraction of sp³-hybridized carbons (Fsp3) is 0.417. The molecule has 0 aliphatic heterocycles. The lowest BCUT2D eigenvalue weighted by Crippen LogP contribution is -2.06. The second-order valence-corrected chi connectivity index (χ2v) is 5.38. The standard InChI is InChI=1S/C12H17N5S/c1-3-4-10-16-9(13)5-11(17-10)14-7-12-15-6-8(2)18-12/h5-6H,3-4,7H2,1-2H3,(H3,13,14,16,17). The first-order valence-corrected chi connectivity index (χ1v) is 6.77. The van der Waals surface area contributed by atoms with E-state index in [2.05, 4.69) is 27.2 Å². The quantitative estimate of drug-likeness (QED) is 0.866. The normalized spacial score (nSPS) is 10.6. The highest BCUT2D eigenvalue weighted by Gasteiger charge is 2.03. The van der Waals surface area contributed by atoms with Gasteiger partial charge in [0.15, 0.2) is 0 Å². The van der Waals surface area contributed by atoms with Crippen molar-refractivity contribution in [3.05, 3.63) is 28.0 Å². The van der Waals surface area contributed by atoms with Gasteiger partial charge in [-0.2, -0.15) is 0 Å². The smallest absolute Gasteiger partial charge is 0.133 e. The molecule has 0 aliphatic carbocycles. The zero-order valence-electron chi connectivity index (χ0n) is 10.6. The minimum atomic E-state index is 0.506. The largest absolute Gasteiger partial charge is 0.384 e. The van der Waals surface area contributed by atoms with Crippen LogP contribution >= 0.6 is 11.3 Å². The molecule has 6 heteroatoms. The van der Waals surface area contributed by atoms with E-state index >= 15 is 0 Å². The summed E-state index contributed by atoms with van der Waals surface area (Å²) in [7, 11) is 0. The summed E-state index contributed by atoms with van der Waals surface area (Å²) in [4.78, 5) is 14.1. The Hall–Kier alpha value is -1.69. The van der Waals surface area contributed by atoms with Gasteiger partial charge >= 0.3 is 0 Å². The van der Waals surface area contributed by atoms with E-state index in [1.807, 2.05) is 13.1 Å². The Morgan fingerprint density at radius 3 is 2.89 bits per heavy atom. The summed E-state index contributed by atoms with van der Waals surface area (Å²) in [5.41, 5.74) is 5.76. The predicted molar refractivity (Wildman–Crippen MR) is 74.6 cm³/mol. The highest BCUT2D eigenvalue weighted by atomic mass is 32.1. The van der Waals surface area contributed by atoms with Crippen molar-refractivity contribution in [1.82, 2.24) is 15.0 Å². The number of nitrogens with two attached hydrogens (primary N) is 1. The van der Waals surface area contributed by atoms with Gasteiger partial charge in [0.25, 0.3) is 0 Å². The number of rotatable bonds is 5. The minimum Gasteiger partial charge on any atom is -0.384 e. The van der Waals surface area contributed by atoms with Crippen LogP contribution < -0.4 is 11.1 Å². The minimum absolute atomic E-state index is 0.506. The van der Waals surface area contributed by atoms with Crippen LogP contribution in [0.1, 0.15) is 29.1 Å². The van der Waals surface area contributed by atoms with Gasteiger partial charge in [-0.05, 0) is 13.3 Å². The molecule has 2 heterocycles. The molecule has 2 aromatic rings. The predicted octanol–water partition coefficient (Wildman–Crippen LogP) is 2.39. The fourth-order valence-electron chi connectivity index (χ4n) is 1.59. The molecule has 2 rings (SSSR count). The van der Waals surface area contributed by atoms with Gasteiger partial charge in [0.2, 0.25) is 0 Å². The van der Waals surface area contributed by atoms with E-state index in [-0.39, 0.29) is 0 Å². The van der Waals surface area contributed by atoms with E-state index in [0.29, 0.717) is 12.4 Å². The molecule has 0 unspecified atom stereocenters. The van der Waals surface area contributed by atoms with Gasteiger partial charge < -0.3 is 11.1 Å². The van der Waals surface area contributed by atoms with Crippen LogP contribution in [0.25, 0.3) is 0 Å². The van der Waals surface area contributed by atoms with Crippen molar-refractivity contribution in [3.63, 3.8) is 0 Å². The third-order valence-electron chi connectivity index (χ3n) is 2.36. The van der Waals surface area contributed by atoms with Crippen LogP contribution in [-0.4, -0.2) is 15.0 Å². The van der Waals surface area contributed by atoms with E-state index in [9.17, 15) is 0 Å². The first-order valence-electron chi connectivity index (χ1n) is 5.96. The average Bonchev–Trinajstić information content (AvgIpc) is 2.72. The van der Waals surface area contributed by atoms with Crippen molar-refractivity contribution in [2.75, 3.05) is 11.1 Å². The van der Waals surface area contributed by atoms with Gasteiger partial charge in [-0.3, -0.25) is 0 Å². The Balaban J connectivity index is 2.04. The van der Waals surface area contributed by atoms with Crippen molar-refractivity contribution in [3.8, 4) is 0 Å². The maximum Gasteiger partial charge on any atom is 0.133 e. The molecule has 0 amide bonds. The number of nitrogens with zero attached hydrogens (tertiary/aromatic N) is 3. The van der Waals surface area contributed by atoms with Crippen LogP contribution in [0.3, 0.4) is 0 Å². The second-order valence-electron chi connectivity index (χ2n) is 4.06. The van der Waals surface area contributed by atoms with Crippen molar-refractivity contribution in [2.24, 2.45) is 0 Å². The molecule has 0 fully saturated rings. The van der Waals surface area contributed by atoms with Gasteiger partial charge in [-0.25, -0.2) is 15.0 Å². The molecule has 0 aromatic carbocycles. The van der Waals surface area contributed by atoms with Crippen LogP contribution in [-0.2, 0) is 13.0 Å². The number of anilines is 2. The van der Waals surface area contributed by atoms with Crippen LogP contribution in [0.15, 0.2) is 12.3 Å². The molecule has 5 nitrogen and oxygen atoms in total. The molecule has 0 bridgehead atoms. The summed E-state index contributed by atoms with van der Waals surface area (Å²) in [6.07, 6.45) is 3.73. The Bertz CT molecular complexity index is 523. The number of thiazole rings is 1. The first kappa shape index (κ1) is 12.8. The summed E-state index contributed by atoms with van der Waals surface area (Å²) >= 11 is 1.68. The molecule has 0 radical (unpaired) electrons. The Morgan fingerprint density at radius 2 is 2.22 bits per heavy atom. The topological polar surface area (TPSA) is 76.7 Å². The number of hydrogen-bond donors (Lipinski definition) is 2. The zero-order valence-corrected chi connectivity index (χ0v) is 11.4. The zero-order chi connectivity index (χ0) is 13.0. The van der Waals surface area contributed by atoms with Crippen LogP contribution in [0.5, 0.6) is 0 Å². The van der Waals surface area contributed by atoms with Crippen molar-refractivity contribution in [2.45, 2.75) is 33.2 Å². The summed E-state index contributed by atoms with van der Waals surface area (Å²) in [5, 5.41) is 4.27. The van der Waals surface area contributed by atoms with Crippen LogP contribution in [0.4, 0.5) is 11.6 Å². The molecule has 0 spiro atoms. The Kier molecular flexibility index (Phi) is 4.09. The van der Waals surface area contributed by atoms with Crippen LogP contribution in [0.2, 0.25) is 0 Å². The lowest BCUT2D eigenvalue weighted by atomic mass is 10.3. The first-order chi connectivity index (χ1) is 8.67. The Morgan fingerprint density at radius 1 is 1.39 bits per heavy atom. The summed E-state index contributed by atoms with van der Waals surface area (Å²) in [6.45, 7) is 4.81. The Labute approximate surface area is 111 Å². The number of nitrogens with one attached hydrogen (secondary N) is 1. The molecule has 0 atom stereocenters. The van der Waals surface area contributed by atoms with Gasteiger partial charge in [-0.1, -0.05) is 6.92 Å². The highest BCUT2D eigenvalue weighted by molar-refractivity contribution is 7.11. The van der Waals surface area contributed by atoms with E-state index in [0.717, 1.165) is 29.5 Å². The van der Waals surface area contributed by atoms with E-state index in [1.54, 1.807) is 17.4 Å². The third-order valence-corrected chi connectivity index (χ3v) is 3.27. The molecule has 3 N–H and O–H groups in total. The van der Waals surface area contributed by atoms with Crippen molar-refractivity contribution < 1.29 is 0 Å². The molecule has 2 aromatic heterocycles. The monoisotopic (exact) mass is 263 g/mol. The number of aryl methyl sites for hydroxylation is 2. The van der Waals surface area contributed by atoms with Crippen LogP contribution in [0, 0.1) is 6.92 Å². The van der Waals surface area contributed by atoms with Crippen molar-refractivity contribution >= 4 is 23.0 Å². The highest BCUT2D eigenvalue weighted by Crippen LogP contribution is 2.14. The molecule has 18 heavy (non-hydrogen) atoms. The summed E-state index contributed by atoms with van der Waals surface area (Å²) in [5.74, 6) is 2.06. The second kappa shape index (κ2) is 5.77. The molecule has 0 aliphatic rings. The summed E-state index contributed by atoms with van der Waals surface area (Å²) in [6, 6.07) is 1.75. The molecular weight excluding hydrogens is 246 g/mol. The van der Waals surface area contributed by atoms with E-state index in [1.165, 1.54) is 4.88 Å². The third kappa shape index (κ3) is 3.40. The maximum absolute atomic E-state index is 5.76. The van der Waals surface area contributed by atoms with Gasteiger partial charge in [0.1, 0.15) is 22.5 Å². The number of hydrogen-bond acceptors (Lipinski definition) is 6.